The third-order valence-corrected chi connectivity index (χ3v) is 7.89. The van der Waals surface area contributed by atoms with Crippen LogP contribution in [0.2, 0.25) is 0 Å². The van der Waals surface area contributed by atoms with Crippen LogP contribution in [-0.4, -0.2) is 60.5 Å². The summed E-state index contributed by atoms with van der Waals surface area (Å²) in [6, 6.07) is 7.85. The zero-order valence-electron chi connectivity index (χ0n) is 17.9. The van der Waals surface area contributed by atoms with Gasteiger partial charge in [-0.25, -0.2) is 13.1 Å². The van der Waals surface area contributed by atoms with E-state index in [0.29, 0.717) is 18.8 Å². The van der Waals surface area contributed by atoms with Crippen molar-refractivity contribution in [2.75, 3.05) is 27.3 Å². The van der Waals surface area contributed by atoms with E-state index >= 15 is 0 Å². The summed E-state index contributed by atoms with van der Waals surface area (Å²) in [5.74, 6) is -0.219. The van der Waals surface area contributed by atoms with E-state index in [1.807, 2.05) is 31.3 Å². The number of hydrogen-bond acceptors (Lipinski definition) is 6. The Hall–Kier alpha value is -2.65. The van der Waals surface area contributed by atoms with E-state index in [4.69, 9.17) is 4.74 Å². The van der Waals surface area contributed by atoms with Gasteiger partial charge in [-0.1, -0.05) is 12.1 Å². The maximum atomic E-state index is 12.9. The first kappa shape index (κ1) is 22.0. The van der Waals surface area contributed by atoms with Crippen molar-refractivity contribution in [2.45, 2.75) is 31.9 Å². The summed E-state index contributed by atoms with van der Waals surface area (Å²) >= 11 is 0. The number of rotatable bonds is 6. The van der Waals surface area contributed by atoms with Gasteiger partial charge in [0.2, 0.25) is 15.9 Å². The van der Waals surface area contributed by atoms with Crippen molar-refractivity contribution in [2.24, 2.45) is 0 Å². The second kappa shape index (κ2) is 8.23. The molecule has 0 saturated heterocycles. The van der Waals surface area contributed by atoms with E-state index in [1.54, 1.807) is 17.9 Å². The Morgan fingerprint density at radius 3 is 2.47 bits per heavy atom. The predicted octanol–water partition coefficient (Wildman–Crippen LogP) is 2.56. The molecule has 0 bridgehead atoms. The van der Waals surface area contributed by atoms with Gasteiger partial charge in [0.15, 0.2) is 4.75 Å². The molecule has 0 fully saturated rings. The SMILES string of the molecule is COC(=O)C(C)(C)S(=O)(=O)N1CC=C(c2ccc(-n3ccc(OC)n3)c(C)c2)CC1. The first-order chi connectivity index (χ1) is 14.1. The number of esters is 1. The lowest BCUT2D eigenvalue weighted by Gasteiger charge is -2.32. The highest BCUT2D eigenvalue weighted by Gasteiger charge is 2.46. The summed E-state index contributed by atoms with van der Waals surface area (Å²) in [6.45, 7) is 5.28. The highest BCUT2D eigenvalue weighted by Crippen LogP contribution is 2.30. The first-order valence-corrected chi connectivity index (χ1v) is 11.0. The van der Waals surface area contributed by atoms with Gasteiger partial charge in [0.05, 0.1) is 19.9 Å². The summed E-state index contributed by atoms with van der Waals surface area (Å²) in [4.78, 5) is 12.0. The van der Waals surface area contributed by atoms with Crippen LogP contribution in [0.4, 0.5) is 0 Å². The van der Waals surface area contributed by atoms with Crippen molar-refractivity contribution < 1.29 is 22.7 Å². The van der Waals surface area contributed by atoms with Crippen LogP contribution in [0.5, 0.6) is 5.88 Å². The predicted molar refractivity (Wildman–Crippen MR) is 114 cm³/mol. The fourth-order valence-electron chi connectivity index (χ4n) is 3.47. The van der Waals surface area contributed by atoms with Gasteiger partial charge in [-0.15, -0.1) is 5.10 Å². The highest BCUT2D eigenvalue weighted by atomic mass is 32.2. The molecule has 1 aliphatic heterocycles. The Morgan fingerprint density at radius 1 is 1.20 bits per heavy atom. The Bertz CT molecular complexity index is 1090. The lowest BCUT2D eigenvalue weighted by molar-refractivity contribution is -0.142. The molecule has 0 radical (unpaired) electrons. The molecule has 0 spiro atoms. The van der Waals surface area contributed by atoms with Crippen LogP contribution in [0.1, 0.15) is 31.4 Å². The maximum absolute atomic E-state index is 12.9. The molecule has 2 aromatic rings. The van der Waals surface area contributed by atoms with E-state index in [0.717, 1.165) is 22.4 Å². The number of sulfonamides is 1. The molecular formula is C21H27N3O5S. The van der Waals surface area contributed by atoms with Crippen molar-refractivity contribution in [1.82, 2.24) is 14.1 Å². The molecule has 1 aromatic carbocycles. The monoisotopic (exact) mass is 433 g/mol. The van der Waals surface area contributed by atoms with Gasteiger partial charge in [0.25, 0.3) is 0 Å². The maximum Gasteiger partial charge on any atom is 0.328 e. The number of hydrogen-bond donors (Lipinski definition) is 0. The molecule has 9 heteroatoms. The lowest BCUT2D eigenvalue weighted by atomic mass is 9.98. The lowest BCUT2D eigenvalue weighted by Crippen LogP contribution is -2.51. The molecule has 1 aromatic heterocycles. The van der Waals surface area contributed by atoms with Crippen molar-refractivity contribution in [3.8, 4) is 11.6 Å². The molecule has 162 valence electrons. The average molecular weight is 434 g/mol. The summed E-state index contributed by atoms with van der Waals surface area (Å²) < 4.78 is 37.1. The summed E-state index contributed by atoms with van der Waals surface area (Å²) in [7, 11) is -1.07. The van der Waals surface area contributed by atoms with Crippen LogP contribution in [-0.2, 0) is 19.6 Å². The molecular weight excluding hydrogens is 406 g/mol. The number of carbonyl (C=O) groups excluding carboxylic acids is 1. The molecule has 0 N–H and O–H groups in total. The van der Waals surface area contributed by atoms with Gasteiger partial charge >= 0.3 is 5.97 Å². The molecule has 1 aliphatic rings. The van der Waals surface area contributed by atoms with Crippen LogP contribution in [0, 0.1) is 6.92 Å². The molecule has 3 rings (SSSR count). The minimum absolute atomic E-state index is 0.218. The smallest absolute Gasteiger partial charge is 0.328 e. The van der Waals surface area contributed by atoms with Crippen molar-refractivity contribution >= 4 is 21.6 Å². The largest absolute Gasteiger partial charge is 0.480 e. The Kier molecular flexibility index (Phi) is 6.05. The summed E-state index contributed by atoms with van der Waals surface area (Å²) in [5, 5.41) is 4.35. The third kappa shape index (κ3) is 3.87. The number of aromatic nitrogens is 2. The van der Waals surface area contributed by atoms with E-state index in [1.165, 1.54) is 25.3 Å². The molecule has 0 unspecified atom stereocenters. The fraction of sp³-hybridized carbons (Fsp3) is 0.429. The molecule has 8 nitrogen and oxygen atoms in total. The number of nitrogens with zero attached hydrogens (tertiary/aromatic N) is 3. The van der Waals surface area contributed by atoms with Crippen LogP contribution in [0.25, 0.3) is 11.3 Å². The first-order valence-electron chi connectivity index (χ1n) is 9.60. The topological polar surface area (TPSA) is 90.7 Å². The van der Waals surface area contributed by atoms with Gasteiger partial charge in [-0.2, -0.15) is 4.31 Å². The quantitative estimate of drug-likeness (QED) is 0.651. The van der Waals surface area contributed by atoms with Gasteiger partial charge in [0, 0.05) is 25.4 Å². The zero-order chi connectivity index (χ0) is 22.1. The average Bonchev–Trinajstić information content (AvgIpc) is 3.21. The molecule has 0 saturated carbocycles. The number of methoxy groups -OCH3 is 2. The summed E-state index contributed by atoms with van der Waals surface area (Å²) in [5.41, 5.74) is 4.10. The molecule has 0 amide bonds. The van der Waals surface area contributed by atoms with Crippen LogP contribution < -0.4 is 4.74 Å². The Morgan fingerprint density at radius 2 is 1.93 bits per heavy atom. The number of carbonyl (C=O) groups is 1. The van der Waals surface area contributed by atoms with Crippen molar-refractivity contribution in [1.29, 1.82) is 0 Å². The minimum Gasteiger partial charge on any atom is -0.480 e. The zero-order valence-corrected chi connectivity index (χ0v) is 18.7. The van der Waals surface area contributed by atoms with Gasteiger partial charge < -0.3 is 9.47 Å². The van der Waals surface area contributed by atoms with Gasteiger partial charge in [-0.05, 0) is 56.0 Å². The van der Waals surface area contributed by atoms with Gasteiger partial charge in [-0.3, -0.25) is 4.79 Å². The Labute approximate surface area is 177 Å². The Balaban J connectivity index is 1.80. The normalized spacial score (nSPS) is 15.6. The molecule has 0 aliphatic carbocycles. The van der Waals surface area contributed by atoms with Crippen molar-refractivity contribution in [3.05, 3.63) is 47.7 Å². The standard InChI is InChI=1S/C21H27N3O5S/c1-15-14-17(6-7-18(15)24-13-10-19(22-24)28-4)16-8-11-23(12-9-16)30(26,27)21(2,3)20(25)29-5/h6-8,10,13-14H,9,11-12H2,1-5H3. The second-order valence-corrected chi connectivity index (χ2v) is 10.1. The molecule has 0 atom stereocenters. The van der Waals surface area contributed by atoms with E-state index in [-0.39, 0.29) is 6.54 Å². The minimum atomic E-state index is -3.84. The van der Waals surface area contributed by atoms with Crippen LogP contribution in [0.3, 0.4) is 0 Å². The second-order valence-electron chi connectivity index (χ2n) is 7.65. The third-order valence-electron chi connectivity index (χ3n) is 5.42. The van der Waals surface area contributed by atoms with Gasteiger partial charge in [0.1, 0.15) is 0 Å². The number of ether oxygens (including phenoxy) is 2. The summed E-state index contributed by atoms with van der Waals surface area (Å²) in [6.07, 6.45) is 4.30. The van der Waals surface area contributed by atoms with Crippen LogP contribution in [0.15, 0.2) is 36.5 Å². The van der Waals surface area contributed by atoms with E-state index in [9.17, 15) is 13.2 Å². The highest BCUT2D eigenvalue weighted by molar-refractivity contribution is 7.91. The fourth-order valence-corrected chi connectivity index (χ4v) is 5.01. The van der Waals surface area contributed by atoms with Crippen molar-refractivity contribution in [3.63, 3.8) is 0 Å². The number of benzene rings is 1. The van der Waals surface area contributed by atoms with E-state index < -0.39 is 20.7 Å². The molecule has 2 heterocycles. The molecule has 30 heavy (non-hydrogen) atoms. The number of aryl methyl sites for hydroxylation is 1. The van der Waals surface area contributed by atoms with E-state index in [2.05, 4.69) is 15.9 Å². The van der Waals surface area contributed by atoms with Crippen LogP contribution >= 0.6 is 0 Å².